The molecule has 0 heterocycles. The molecule has 0 aliphatic carbocycles. The zero-order chi connectivity index (χ0) is 19.6. The van der Waals surface area contributed by atoms with Crippen LogP contribution >= 0.6 is 0 Å². The zero-order valence-corrected chi connectivity index (χ0v) is 22.6. The average Bonchev–Trinajstić information content (AvgIpc) is 2.70. The average molecular weight is 580 g/mol. The van der Waals surface area contributed by atoms with Crippen LogP contribution in [0.4, 0.5) is 0 Å². The number of hydrogen-bond acceptors (Lipinski definition) is 3. The molecule has 0 saturated carbocycles. The summed E-state index contributed by atoms with van der Waals surface area (Å²) in [5, 5.41) is 0. The minimum atomic E-state index is -2.95. The standard InChI is InChI=1S/2C11H16O.O.2Sn/c2*1-3-6-10-9(4-2)7-5-8-11(10)12;;;/h2*5,7-8,12H,3-4,6H2,1-2H3;;;/q;;;;+2/p-2. The number of aryl methyl sites for hydroxylation is 2. The second kappa shape index (κ2) is 12.2. The topological polar surface area (TPSA) is 27.7 Å². The third-order valence-electron chi connectivity index (χ3n) is 4.69. The summed E-state index contributed by atoms with van der Waals surface area (Å²) < 4.78 is 18.6. The second-order valence-corrected chi connectivity index (χ2v) is 13.6. The van der Waals surface area contributed by atoms with Gasteiger partial charge in [0.25, 0.3) is 0 Å². The van der Waals surface area contributed by atoms with E-state index in [-0.39, 0.29) is 0 Å². The molecule has 0 aromatic heterocycles. The van der Waals surface area contributed by atoms with Gasteiger partial charge in [-0.05, 0) is 0 Å². The van der Waals surface area contributed by atoms with Crippen LogP contribution in [0.3, 0.4) is 0 Å². The molecule has 2 aromatic carbocycles. The molecule has 0 aliphatic heterocycles. The maximum absolute atomic E-state index is 6.38. The van der Waals surface area contributed by atoms with Crippen molar-refractivity contribution in [2.45, 2.75) is 66.2 Å². The van der Waals surface area contributed by atoms with Gasteiger partial charge in [-0.2, -0.15) is 0 Å². The Balaban J connectivity index is 2.27. The zero-order valence-electron chi connectivity index (χ0n) is 16.9. The van der Waals surface area contributed by atoms with E-state index in [2.05, 4.69) is 64.1 Å². The van der Waals surface area contributed by atoms with E-state index >= 15 is 0 Å². The molecule has 0 bridgehead atoms. The van der Waals surface area contributed by atoms with Crippen LogP contribution in [0, 0.1) is 0 Å². The van der Waals surface area contributed by atoms with Crippen molar-refractivity contribution in [2.24, 2.45) is 0 Å². The van der Waals surface area contributed by atoms with E-state index in [1.54, 1.807) is 0 Å². The van der Waals surface area contributed by atoms with Gasteiger partial charge in [-0.3, -0.25) is 0 Å². The molecule has 144 valence electrons. The van der Waals surface area contributed by atoms with Gasteiger partial charge in [0.1, 0.15) is 0 Å². The van der Waals surface area contributed by atoms with Crippen molar-refractivity contribution in [3.63, 3.8) is 0 Å². The molecule has 0 spiro atoms. The summed E-state index contributed by atoms with van der Waals surface area (Å²) in [7, 11) is 0. The van der Waals surface area contributed by atoms with Crippen LogP contribution in [0.25, 0.3) is 0 Å². The van der Waals surface area contributed by atoms with Crippen LogP contribution in [-0.2, 0) is 27.1 Å². The molecule has 0 unspecified atom stereocenters. The first-order valence-electron chi connectivity index (χ1n) is 9.96. The van der Waals surface area contributed by atoms with Crippen molar-refractivity contribution in [3.05, 3.63) is 58.7 Å². The van der Waals surface area contributed by atoms with Gasteiger partial charge in [-0.1, -0.05) is 0 Å². The fourth-order valence-electron chi connectivity index (χ4n) is 3.39. The third-order valence-corrected chi connectivity index (χ3v) is 10.6. The molecule has 4 radical (unpaired) electrons. The Hall–Kier alpha value is -0.403. The number of benzene rings is 2. The predicted molar refractivity (Wildman–Crippen MR) is 113 cm³/mol. The van der Waals surface area contributed by atoms with Crippen LogP contribution in [0.5, 0.6) is 11.5 Å². The fraction of sp³-hybridized carbons (Fsp3) is 0.455. The van der Waals surface area contributed by atoms with Gasteiger partial charge in [0, 0.05) is 0 Å². The van der Waals surface area contributed by atoms with Crippen molar-refractivity contribution < 1.29 is 7.56 Å². The van der Waals surface area contributed by atoms with Gasteiger partial charge in [0.15, 0.2) is 0 Å². The van der Waals surface area contributed by atoms with Gasteiger partial charge in [-0.15, -0.1) is 0 Å². The molecule has 0 fully saturated rings. The summed E-state index contributed by atoms with van der Waals surface area (Å²) in [4.78, 5) is 0. The quantitative estimate of drug-likeness (QED) is 0.340. The Morgan fingerprint density at radius 1 is 0.741 bits per heavy atom. The SMILES string of the molecule is CCCc1c(CC)cccc1[O][Sn]([O][Sn])[O]c1cccc(CC)c1CCC. The molecule has 3 nitrogen and oxygen atoms in total. The molecule has 0 atom stereocenters. The molecule has 0 amide bonds. The Bertz CT molecular complexity index is 659. The van der Waals surface area contributed by atoms with Gasteiger partial charge >= 0.3 is 188 Å². The molecule has 0 N–H and O–H groups in total. The summed E-state index contributed by atoms with van der Waals surface area (Å²) in [5.74, 6) is 1.91. The molecular formula is C22H30O3Sn2. The molecule has 2 rings (SSSR count). The van der Waals surface area contributed by atoms with Gasteiger partial charge in [0.2, 0.25) is 0 Å². The van der Waals surface area contributed by atoms with Crippen LogP contribution in [0.1, 0.15) is 62.8 Å². The Morgan fingerprint density at radius 3 is 1.52 bits per heavy atom. The van der Waals surface area contributed by atoms with Crippen molar-refractivity contribution in [3.8, 4) is 11.5 Å². The van der Waals surface area contributed by atoms with Crippen LogP contribution in [-0.4, -0.2) is 43.9 Å². The molecule has 27 heavy (non-hydrogen) atoms. The van der Waals surface area contributed by atoms with Gasteiger partial charge in [0.05, 0.1) is 0 Å². The van der Waals surface area contributed by atoms with Gasteiger partial charge in [-0.25, -0.2) is 0 Å². The van der Waals surface area contributed by atoms with Crippen LogP contribution in [0.2, 0.25) is 0 Å². The van der Waals surface area contributed by atoms with Crippen molar-refractivity contribution >= 4 is 43.9 Å². The molecular weight excluding hydrogens is 550 g/mol. The van der Waals surface area contributed by atoms with E-state index in [1.807, 2.05) is 0 Å². The summed E-state index contributed by atoms with van der Waals surface area (Å²) in [6.45, 7) is 8.81. The van der Waals surface area contributed by atoms with Crippen molar-refractivity contribution in [1.29, 1.82) is 0 Å². The third kappa shape index (κ3) is 6.29. The molecule has 2 aromatic rings. The van der Waals surface area contributed by atoms with E-state index in [0.29, 0.717) is 0 Å². The summed E-state index contributed by atoms with van der Waals surface area (Å²) in [6, 6.07) is 12.7. The van der Waals surface area contributed by atoms with Crippen molar-refractivity contribution in [1.82, 2.24) is 0 Å². The molecule has 0 saturated heterocycles. The summed E-state index contributed by atoms with van der Waals surface area (Å²) >= 11 is -1.94. The number of rotatable bonds is 11. The first-order valence-corrected chi connectivity index (χ1v) is 14.6. The summed E-state index contributed by atoms with van der Waals surface area (Å²) in [6.07, 6.45) is 6.29. The van der Waals surface area contributed by atoms with E-state index in [4.69, 9.17) is 7.56 Å². The fourth-order valence-corrected chi connectivity index (χ4v) is 7.45. The van der Waals surface area contributed by atoms with Crippen LogP contribution in [0.15, 0.2) is 36.4 Å². The van der Waals surface area contributed by atoms with E-state index in [9.17, 15) is 0 Å². The van der Waals surface area contributed by atoms with Crippen molar-refractivity contribution in [2.75, 3.05) is 0 Å². The van der Waals surface area contributed by atoms with Gasteiger partial charge < -0.3 is 0 Å². The predicted octanol–water partition coefficient (Wildman–Crippen LogP) is 5.26. The first kappa shape index (κ1) is 22.9. The Labute approximate surface area is 186 Å². The number of hydrogen-bond donors (Lipinski definition) is 0. The minimum absolute atomic E-state index is 0.955. The van der Waals surface area contributed by atoms with E-state index < -0.39 is 21.0 Å². The van der Waals surface area contributed by atoms with E-state index in [0.717, 1.165) is 73.0 Å². The Kier molecular flexibility index (Phi) is 10.4. The first-order chi connectivity index (χ1) is 13.2. The Morgan fingerprint density at radius 2 is 1.19 bits per heavy atom. The second-order valence-electron chi connectivity index (χ2n) is 6.55. The molecule has 5 heteroatoms. The van der Waals surface area contributed by atoms with Crippen LogP contribution < -0.4 is 6.15 Å². The normalized spacial score (nSPS) is 11.0. The maximum atomic E-state index is 6.38. The monoisotopic (exact) mass is 582 g/mol. The molecule has 0 aliphatic rings. The summed E-state index contributed by atoms with van der Waals surface area (Å²) in [5.41, 5.74) is 5.35. The van der Waals surface area contributed by atoms with E-state index in [1.165, 1.54) is 22.3 Å².